The van der Waals surface area contributed by atoms with E-state index in [4.69, 9.17) is 34.4 Å². The summed E-state index contributed by atoms with van der Waals surface area (Å²) in [4.78, 5) is 0. The lowest BCUT2D eigenvalue weighted by Crippen LogP contribution is -1.95. The molecule has 0 aliphatic rings. The van der Waals surface area contributed by atoms with Gasteiger partial charge in [0.25, 0.3) is 0 Å². The lowest BCUT2D eigenvalue weighted by atomic mass is 9.99. The van der Waals surface area contributed by atoms with Crippen LogP contribution < -0.4 is 34.4 Å². The Morgan fingerprint density at radius 3 is 1.44 bits per heavy atom. The summed E-state index contributed by atoms with van der Waals surface area (Å²) in [7, 11) is 0. The van der Waals surface area contributed by atoms with Crippen molar-refractivity contribution in [2.24, 2.45) is 0 Å². The molecule has 6 nitrogen and oxygen atoms in total. The normalized spacial score (nSPS) is 11.0. The molecular weight excluding hydrogens is 589 g/mol. The average molecular weight is 625 g/mol. The molecule has 0 atom stereocenters. The first-order valence-corrected chi connectivity index (χ1v) is 15.7. The zero-order chi connectivity index (χ0) is 33.4. The lowest BCUT2D eigenvalue weighted by molar-refractivity contribution is 1.72. The van der Waals surface area contributed by atoms with E-state index in [-0.39, 0.29) is 0 Å². The van der Waals surface area contributed by atoms with E-state index in [1.807, 2.05) is 84.9 Å². The Hall–Kier alpha value is -6.66. The van der Waals surface area contributed by atoms with E-state index in [1.54, 1.807) is 0 Å². The van der Waals surface area contributed by atoms with Crippen molar-refractivity contribution in [1.29, 1.82) is 0 Å². The largest absolute Gasteiger partial charge is 0.398 e. The van der Waals surface area contributed by atoms with Crippen molar-refractivity contribution < 1.29 is 0 Å². The van der Waals surface area contributed by atoms with Gasteiger partial charge >= 0.3 is 0 Å². The summed E-state index contributed by atoms with van der Waals surface area (Å²) in [6.45, 7) is 0. The average Bonchev–Trinajstić information content (AvgIpc) is 3.11. The standard InChI is InChI=1S/3C14H12N2/c15-12-7-3-6-11-10-5-2-1-4-9(10)8-13(16)14(11)12;15-13-7-10-6-5-9-3-1-2-4-11(9)12(10)8-14(13)16;15-13-8-7-11-10-4-2-1-3-9(10)5-6-12(11)14(13)16/h3*1-8H,15-16H2. The molecule has 0 bridgehead atoms. The molecule has 0 fully saturated rings. The van der Waals surface area contributed by atoms with Gasteiger partial charge in [-0.05, 0) is 84.2 Å². The van der Waals surface area contributed by atoms with Crippen LogP contribution in [0.2, 0.25) is 0 Å². The second-order valence-corrected chi connectivity index (χ2v) is 11.9. The van der Waals surface area contributed by atoms with E-state index in [0.717, 1.165) is 49.1 Å². The first kappa shape index (κ1) is 30.0. The second kappa shape index (κ2) is 12.3. The van der Waals surface area contributed by atoms with Crippen molar-refractivity contribution >= 4 is 98.8 Å². The number of rotatable bonds is 0. The van der Waals surface area contributed by atoms with Gasteiger partial charge in [0.15, 0.2) is 0 Å². The van der Waals surface area contributed by atoms with E-state index in [1.165, 1.54) is 26.9 Å². The Labute approximate surface area is 278 Å². The van der Waals surface area contributed by atoms with Crippen LogP contribution in [0.4, 0.5) is 34.1 Å². The van der Waals surface area contributed by atoms with E-state index in [2.05, 4.69) is 60.7 Å². The number of fused-ring (bicyclic) bond motifs is 9. The van der Waals surface area contributed by atoms with Crippen LogP contribution in [-0.4, -0.2) is 0 Å². The molecule has 48 heavy (non-hydrogen) atoms. The van der Waals surface area contributed by atoms with Crippen LogP contribution in [0.25, 0.3) is 64.6 Å². The Kier molecular flexibility index (Phi) is 7.67. The smallest absolute Gasteiger partial charge is 0.0627 e. The highest BCUT2D eigenvalue weighted by atomic mass is 14.7. The predicted molar refractivity (Wildman–Crippen MR) is 211 cm³/mol. The summed E-state index contributed by atoms with van der Waals surface area (Å²) in [5.74, 6) is 0. The number of hydrogen-bond donors (Lipinski definition) is 6. The van der Waals surface area contributed by atoms with E-state index < -0.39 is 0 Å². The maximum atomic E-state index is 6.04. The quantitative estimate of drug-likeness (QED) is 0.0729. The molecule has 234 valence electrons. The fraction of sp³-hybridized carbons (Fsp3) is 0. The van der Waals surface area contributed by atoms with Crippen molar-refractivity contribution in [3.63, 3.8) is 0 Å². The van der Waals surface area contributed by atoms with E-state index in [0.29, 0.717) is 22.7 Å². The number of hydrogen-bond acceptors (Lipinski definition) is 6. The minimum absolute atomic E-state index is 0.641. The van der Waals surface area contributed by atoms with Gasteiger partial charge in [0.2, 0.25) is 0 Å². The molecule has 0 spiro atoms. The molecule has 0 amide bonds. The summed E-state index contributed by atoms with van der Waals surface area (Å²) in [6.07, 6.45) is 0. The molecular formula is C42H36N6. The molecule has 0 aliphatic carbocycles. The summed E-state index contributed by atoms with van der Waals surface area (Å²) in [5, 5.41) is 13.8. The molecule has 0 aromatic heterocycles. The molecule has 12 N–H and O–H groups in total. The molecule has 0 radical (unpaired) electrons. The zero-order valence-electron chi connectivity index (χ0n) is 26.3. The van der Waals surface area contributed by atoms with Crippen LogP contribution >= 0.6 is 0 Å². The number of anilines is 6. The lowest BCUT2D eigenvalue weighted by Gasteiger charge is -2.09. The van der Waals surface area contributed by atoms with Gasteiger partial charge in [0.1, 0.15) is 0 Å². The molecule has 6 heteroatoms. The van der Waals surface area contributed by atoms with Crippen molar-refractivity contribution in [3.8, 4) is 0 Å². The summed E-state index contributed by atoms with van der Waals surface area (Å²) in [6, 6.07) is 48.7. The van der Waals surface area contributed by atoms with Crippen molar-refractivity contribution in [3.05, 3.63) is 146 Å². The fourth-order valence-corrected chi connectivity index (χ4v) is 6.44. The monoisotopic (exact) mass is 624 g/mol. The third-order valence-electron chi connectivity index (χ3n) is 8.90. The Morgan fingerprint density at radius 2 is 0.729 bits per heavy atom. The summed E-state index contributed by atoms with van der Waals surface area (Å²) >= 11 is 0. The van der Waals surface area contributed by atoms with Crippen molar-refractivity contribution in [2.75, 3.05) is 34.4 Å². The van der Waals surface area contributed by atoms with Crippen molar-refractivity contribution in [1.82, 2.24) is 0 Å². The third-order valence-corrected chi connectivity index (χ3v) is 8.90. The Morgan fingerprint density at radius 1 is 0.250 bits per heavy atom. The minimum atomic E-state index is 0.641. The zero-order valence-corrected chi connectivity index (χ0v) is 26.3. The SMILES string of the molecule is Nc1cc2ccc3ccccc3c2cc1N.Nc1ccc2c(ccc3ccccc32)c1N.Nc1cccc2c1c(N)cc1ccccc12. The maximum absolute atomic E-state index is 6.04. The van der Waals surface area contributed by atoms with E-state index in [9.17, 15) is 0 Å². The van der Waals surface area contributed by atoms with Crippen LogP contribution in [0.15, 0.2) is 146 Å². The van der Waals surface area contributed by atoms with E-state index >= 15 is 0 Å². The Bertz CT molecular complexity index is 2600. The topological polar surface area (TPSA) is 156 Å². The van der Waals surface area contributed by atoms with Crippen LogP contribution in [0.1, 0.15) is 0 Å². The molecule has 0 unspecified atom stereocenters. The third kappa shape index (κ3) is 5.42. The molecule has 9 rings (SSSR count). The van der Waals surface area contributed by atoms with Gasteiger partial charge < -0.3 is 34.4 Å². The van der Waals surface area contributed by atoms with Crippen LogP contribution in [-0.2, 0) is 0 Å². The van der Waals surface area contributed by atoms with Gasteiger partial charge in [-0.25, -0.2) is 0 Å². The van der Waals surface area contributed by atoms with Gasteiger partial charge in [-0.1, -0.05) is 115 Å². The highest BCUT2D eigenvalue weighted by molar-refractivity contribution is 6.16. The summed E-state index contributed by atoms with van der Waals surface area (Å²) in [5.41, 5.74) is 39.5. The van der Waals surface area contributed by atoms with Gasteiger partial charge in [0, 0.05) is 22.1 Å². The van der Waals surface area contributed by atoms with Gasteiger partial charge in [0.05, 0.1) is 22.7 Å². The highest BCUT2D eigenvalue weighted by Gasteiger charge is 2.07. The number of nitrogen functional groups attached to an aromatic ring is 6. The van der Waals surface area contributed by atoms with Gasteiger partial charge in [-0.2, -0.15) is 0 Å². The van der Waals surface area contributed by atoms with Crippen LogP contribution in [0.3, 0.4) is 0 Å². The van der Waals surface area contributed by atoms with Crippen LogP contribution in [0.5, 0.6) is 0 Å². The highest BCUT2D eigenvalue weighted by Crippen LogP contribution is 2.34. The first-order valence-electron chi connectivity index (χ1n) is 15.7. The number of nitrogens with two attached hydrogens (primary N) is 6. The Balaban J connectivity index is 0.000000114. The molecule has 0 saturated carbocycles. The molecule has 9 aromatic rings. The second-order valence-electron chi connectivity index (χ2n) is 11.9. The predicted octanol–water partition coefficient (Wildman–Crippen LogP) is 9.47. The molecule has 0 saturated heterocycles. The molecule has 9 aromatic carbocycles. The fourth-order valence-electron chi connectivity index (χ4n) is 6.44. The molecule has 0 heterocycles. The summed E-state index contributed by atoms with van der Waals surface area (Å²) < 4.78 is 0. The minimum Gasteiger partial charge on any atom is -0.398 e. The van der Waals surface area contributed by atoms with Gasteiger partial charge in [-0.3, -0.25) is 0 Å². The number of benzene rings is 9. The molecule has 0 aliphatic heterocycles. The van der Waals surface area contributed by atoms with Gasteiger partial charge in [-0.15, -0.1) is 0 Å². The first-order chi connectivity index (χ1) is 23.3. The van der Waals surface area contributed by atoms with Crippen LogP contribution in [0, 0.1) is 0 Å². The van der Waals surface area contributed by atoms with Crippen molar-refractivity contribution in [2.45, 2.75) is 0 Å². The maximum Gasteiger partial charge on any atom is 0.0627 e.